The van der Waals surface area contributed by atoms with Crippen LogP contribution < -0.4 is 4.74 Å². The summed E-state index contributed by atoms with van der Waals surface area (Å²) in [4.78, 5) is 0. The summed E-state index contributed by atoms with van der Waals surface area (Å²) in [5.74, 6) is 1.65. The van der Waals surface area contributed by atoms with Gasteiger partial charge in [-0.15, -0.1) is 0 Å². The van der Waals surface area contributed by atoms with Crippen LogP contribution in [-0.4, -0.2) is 0 Å². The lowest BCUT2D eigenvalue weighted by Gasteiger charge is -2.38. The number of para-hydroxylation sites is 1. The maximum atomic E-state index is 6.26. The fourth-order valence-corrected chi connectivity index (χ4v) is 3.58. The van der Waals surface area contributed by atoms with E-state index in [-0.39, 0.29) is 6.10 Å². The number of benzene rings is 2. The maximum Gasteiger partial charge on any atom is 0.127 e. The maximum absolute atomic E-state index is 6.26. The average Bonchev–Trinajstić information content (AvgIpc) is 2.44. The Balaban J connectivity index is 1.78. The summed E-state index contributed by atoms with van der Waals surface area (Å²) in [6.45, 7) is 0. The van der Waals surface area contributed by atoms with Gasteiger partial charge in [0.2, 0.25) is 0 Å². The number of hydrogen-bond acceptors (Lipinski definition) is 1. The molecule has 0 fully saturated rings. The third kappa shape index (κ3) is 1.84. The highest BCUT2D eigenvalue weighted by Gasteiger charge is 2.35. The van der Waals surface area contributed by atoms with E-state index in [2.05, 4.69) is 30.3 Å². The minimum Gasteiger partial charge on any atom is -0.485 e. The van der Waals surface area contributed by atoms with E-state index >= 15 is 0 Å². The van der Waals surface area contributed by atoms with E-state index in [1.54, 1.807) is 0 Å². The van der Waals surface area contributed by atoms with Crippen molar-refractivity contribution in [2.75, 3.05) is 0 Å². The molecule has 0 spiro atoms. The van der Waals surface area contributed by atoms with Crippen molar-refractivity contribution < 1.29 is 4.74 Å². The van der Waals surface area contributed by atoms with Gasteiger partial charge in [0, 0.05) is 10.9 Å². The molecule has 0 saturated heterocycles. The second-order valence-corrected chi connectivity index (χ2v) is 5.93. The van der Waals surface area contributed by atoms with Crippen LogP contribution in [0.5, 0.6) is 5.75 Å². The van der Waals surface area contributed by atoms with E-state index in [9.17, 15) is 0 Å². The molecule has 2 aromatic carbocycles. The standard InChI is InChI=1S/C17H15ClO/c18-14-7-8-15-11(10-14)5-6-13-9-12-3-1-2-4-16(12)19-17(13)15/h1-4,7-8,10,13,17H,5-6,9H2. The van der Waals surface area contributed by atoms with E-state index in [1.807, 2.05) is 12.1 Å². The van der Waals surface area contributed by atoms with Gasteiger partial charge in [-0.05, 0) is 54.2 Å². The summed E-state index contributed by atoms with van der Waals surface area (Å²) in [7, 11) is 0. The topological polar surface area (TPSA) is 9.23 Å². The molecule has 2 unspecified atom stereocenters. The van der Waals surface area contributed by atoms with Crippen molar-refractivity contribution in [1.82, 2.24) is 0 Å². The van der Waals surface area contributed by atoms with Crippen molar-refractivity contribution in [1.29, 1.82) is 0 Å². The molecular weight excluding hydrogens is 256 g/mol. The van der Waals surface area contributed by atoms with Crippen molar-refractivity contribution >= 4 is 11.6 Å². The van der Waals surface area contributed by atoms with Gasteiger partial charge in [-0.25, -0.2) is 0 Å². The number of halogens is 1. The van der Waals surface area contributed by atoms with Gasteiger partial charge in [0.1, 0.15) is 11.9 Å². The first kappa shape index (κ1) is 11.4. The summed E-state index contributed by atoms with van der Waals surface area (Å²) < 4.78 is 6.26. The average molecular weight is 271 g/mol. The molecule has 19 heavy (non-hydrogen) atoms. The monoisotopic (exact) mass is 270 g/mol. The number of hydrogen-bond donors (Lipinski definition) is 0. The van der Waals surface area contributed by atoms with Crippen LogP contribution in [0.1, 0.15) is 29.2 Å². The second kappa shape index (κ2) is 4.28. The molecule has 0 saturated carbocycles. The highest BCUT2D eigenvalue weighted by molar-refractivity contribution is 6.30. The van der Waals surface area contributed by atoms with Crippen molar-refractivity contribution in [3.63, 3.8) is 0 Å². The van der Waals surface area contributed by atoms with Gasteiger partial charge in [0.05, 0.1) is 0 Å². The minimum absolute atomic E-state index is 0.205. The lowest BCUT2D eigenvalue weighted by molar-refractivity contribution is 0.0987. The number of ether oxygens (including phenoxy) is 1. The molecule has 0 bridgehead atoms. The zero-order valence-electron chi connectivity index (χ0n) is 10.6. The Labute approximate surface area is 118 Å². The van der Waals surface area contributed by atoms with Crippen molar-refractivity contribution in [3.8, 4) is 5.75 Å². The molecule has 0 radical (unpaired) electrons. The van der Waals surface area contributed by atoms with Crippen molar-refractivity contribution in [2.45, 2.75) is 25.4 Å². The summed E-state index contributed by atoms with van der Waals surface area (Å²) in [6, 6.07) is 14.6. The van der Waals surface area contributed by atoms with Gasteiger partial charge in [0.25, 0.3) is 0 Å². The lowest BCUT2D eigenvalue weighted by atomic mass is 9.77. The second-order valence-electron chi connectivity index (χ2n) is 5.49. The number of rotatable bonds is 0. The van der Waals surface area contributed by atoms with E-state index in [0.29, 0.717) is 5.92 Å². The van der Waals surface area contributed by atoms with E-state index in [4.69, 9.17) is 16.3 Å². The predicted molar refractivity (Wildman–Crippen MR) is 76.8 cm³/mol. The summed E-state index contributed by atoms with van der Waals surface area (Å²) in [5, 5.41) is 0.827. The van der Waals surface area contributed by atoms with E-state index in [1.165, 1.54) is 23.1 Å². The van der Waals surface area contributed by atoms with E-state index < -0.39 is 0 Å². The Morgan fingerprint density at radius 2 is 1.95 bits per heavy atom. The van der Waals surface area contributed by atoms with Crippen LogP contribution in [0.2, 0.25) is 5.02 Å². The van der Waals surface area contributed by atoms with Gasteiger partial charge in [-0.3, -0.25) is 0 Å². The Bertz CT molecular complexity index is 635. The summed E-state index contributed by atoms with van der Waals surface area (Å²) in [6.07, 6.45) is 3.63. The van der Waals surface area contributed by atoms with Gasteiger partial charge in [-0.2, -0.15) is 0 Å². The molecule has 4 rings (SSSR count). The molecule has 0 aromatic heterocycles. The highest BCUT2D eigenvalue weighted by atomic mass is 35.5. The first-order valence-corrected chi connectivity index (χ1v) is 7.22. The van der Waals surface area contributed by atoms with Crippen LogP contribution in [0.25, 0.3) is 0 Å². The largest absolute Gasteiger partial charge is 0.485 e. The van der Waals surface area contributed by atoms with Crippen LogP contribution in [-0.2, 0) is 12.8 Å². The summed E-state index contributed by atoms with van der Waals surface area (Å²) in [5.41, 5.74) is 4.03. The Kier molecular flexibility index (Phi) is 2.56. The molecule has 0 amide bonds. The Morgan fingerprint density at radius 3 is 2.89 bits per heavy atom. The van der Waals surface area contributed by atoms with Gasteiger partial charge in [0.15, 0.2) is 0 Å². The fourth-order valence-electron chi connectivity index (χ4n) is 3.39. The molecule has 1 heterocycles. The smallest absolute Gasteiger partial charge is 0.127 e. The molecule has 2 aliphatic rings. The Morgan fingerprint density at radius 1 is 1.05 bits per heavy atom. The molecule has 1 aliphatic carbocycles. The third-order valence-corrected chi connectivity index (χ3v) is 4.57. The predicted octanol–water partition coefficient (Wildman–Crippen LogP) is 4.58. The normalized spacial score (nSPS) is 23.8. The molecular formula is C17H15ClO. The van der Waals surface area contributed by atoms with Crippen LogP contribution >= 0.6 is 11.6 Å². The molecule has 0 N–H and O–H groups in total. The SMILES string of the molecule is Clc1ccc2c(c1)CCC1Cc3ccccc3OC21. The first-order chi connectivity index (χ1) is 9.31. The summed E-state index contributed by atoms with van der Waals surface area (Å²) >= 11 is 6.09. The van der Waals surface area contributed by atoms with E-state index in [0.717, 1.165) is 23.6 Å². The molecule has 2 atom stereocenters. The quantitative estimate of drug-likeness (QED) is 0.681. The van der Waals surface area contributed by atoms with Gasteiger partial charge in [-0.1, -0.05) is 35.9 Å². The van der Waals surface area contributed by atoms with Crippen LogP contribution in [0.3, 0.4) is 0 Å². The highest BCUT2D eigenvalue weighted by Crippen LogP contribution is 2.44. The minimum atomic E-state index is 0.205. The van der Waals surface area contributed by atoms with Gasteiger partial charge < -0.3 is 4.74 Å². The zero-order valence-corrected chi connectivity index (χ0v) is 11.4. The van der Waals surface area contributed by atoms with Crippen LogP contribution in [0.15, 0.2) is 42.5 Å². The Hall–Kier alpha value is -1.47. The molecule has 1 aliphatic heterocycles. The van der Waals surface area contributed by atoms with Gasteiger partial charge >= 0.3 is 0 Å². The number of fused-ring (bicyclic) bond motifs is 4. The molecule has 96 valence electrons. The van der Waals surface area contributed by atoms with Crippen LogP contribution in [0.4, 0.5) is 0 Å². The molecule has 1 nitrogen and oxygen atoms in total. The first-order valence-electron chi connectivity index (χ1n) is 6.84. The molecule has 2 aromatic rings. The third-order valence-electron chi connectivity index (χ3n) is 4.33. The molecule has 2 heteroatoms. The van der Waals surface area contributed by atoms with Crippen molar-refractivity contribution in [2.24, 2.45) is 5.92 Å². The lowest BCUT2D eigenvalue weighted by Crippen LogP contribution is -2.30. The van der Waals surface area contributed by atoms with Crippen LogP contribution in [0, 0.1) is 5.92 Å². The fraction of sp³-hybridized carbons (Fsp3) is 0.294. The number of aryl methyl sites for hydroxylation is 1. The zero-order chi connectivity index (χ0) is 12.8. The van der Waals surface area contributed by atoms with Crippen molar-refractivity contribution in [3.05, 3.63) is 64.2 Å².